The highest BCUT2D eigenvalue weighted by Gasteiger charge is 2.34. The molecule has 0 saturated carbocycles. The molecule has 0 bridgehead atoms. The van der Waals surface area contributed by atoms with Crippen LogP contribution < -0.4 is 0 Å². The lowest BCUT2D eigenvalue weighted by atomic mass is 10.0. The molecule has 4 rings (SSSR count). The lowest BCUT2D eigenvalue weighted by Gasteiger charge is -2.44. The van der Waals surface area contributed by atoms with Crippen molar-refractivity contribution in [2.24, 2.45) is 0 Å². The van der Waals surface area contributed by atoms with Gasteiger partial charge in [-0.25, -0.2) is 4.39 Å². The van der Waals surface area contributed by atoms with Gasteiger partial charge in [0.15, 0.2) is 0 Å². The third-order valence-electron chi connectivity index (χ3n) is 7.15. The van der Waals surface area contributed by atoms with Crippen LogP contribution in [0.5, 0.6) is 0 Å². The first-order valence-corrected chi connectivity index (χ1v) is 12.3. The summed E-state index contributed by atoms with van der Waals surface area (Å²) in [7, 11) is 1.59. The molecule has 2 amide bonds. The molecule has 0 aliphatic carbocycles. The lowest BCUT2D eigenvalue weighted by Crippen LogP contribution is -2.57. The second-order valence-electron chi connectivity index (χ2n) is 9.75. The van der Waals surface area contributed by atoms with E-state index >= 15 is 0 Å². The number of rotatable bonds is 6. The van der Waals surface area contributed by atoms with Crippen molar-refractivity contribution in [3.05, 3.63) is 70.7 Å². The van der Waals surface area contributed by atoms with Gasteiger partial charge in [0, 0.05) is 67.5 Å². The van der Waals surface area contributed by atoms with Crippen LogP contribution in [0.25, 0.3) is 10.9 Å². The standard InChI is InChI=1S/C28H33FN4O3/c1-6-31(5)28(36)26(34)21-9-12-24-23(13-21)25(19(4)30-24)27(35)33-15-17(2)32(14-18(33)3)16-20-7-10-22(29)11-8-20/h7-13,17-18,30H,6,14-16H2,1-5H3. The minimum Gasteiger partial charge on any atom is -0.358 e. The molecule has 2 heterocycles. The Hall–Kier alpha value is -3.52. The van der Waals surface area contributed by atoms with E-state index in [9.17, 15) is 18.8 Å². The maximum absolute atomic E-state index is 13.8. The fourth-order valence-corrected chi connectivity index (χ4v) is 4.85. The average molecular weight is 493 g/mol. The number of nitrogens with zero attached hydrogens (tertiary/aromatic N) is 3. The molecular formula is C28H33FN4O3. The molecule has 190 valence electrons. The Balaban J connectivity index is 1.57. The number of aryl methyl sites for hydroxylation is 1. The number of aromatic amines is 1. The number of aromatic nitrogens is 1. The lowest BCUT2D eigenvalue weighted by molar-refractivity contribution is -0.125. The van der Waals surface area contributed by atoms with Gasteiger partial charge >= 0.3 is 0 Å². The Bertz CT molecular complexity index is 1300. The Morgan fingerprint density at radius 2 is 1.75 bits per heavy atom. The van der Waals surface area contributed by atoms with E-state index in [0.717, 1.165) is 16.8 Å². The van der Waals surface area contributed by atoms with Crippen LogP contribution in [0.3, 0.4) is 0 Å². The fourth-order valence-electron chi connectivity index (χ4n) is 4.85. The van der Waals surface area contributed by atoms with Crippen LogP contribution in [0, 0.1) is 12.7 Å². The molecular weight excluding hydrogens is 459 g/mol. The topological polar surface area (TPSA) is 76.7 Å². The molecule has 7 nitrogen and oxygen atoms in total. The van der Waals surface area contributed by atoms with Crippen molar-refractivity contribution in [2.75, 3.05) is 26.7 Å². The number of amides is 2. The van der Waals surface area contributed by atoms with Crippen molar-refractivity contribution >= 4 is 28.5 Å². The van der Waals surface area contributed by atoms with E-state index < -0.39 is 11.7 Å². The van der Waals surface area contributed by atoms with E-state index in [4.69, 9.17) is 0 Å². The first-order chi connectivity index (χ1) is 17.1. The summed E-state index contributed by atoms with van der Waals surface area (Å²) in [4.78, 5) is 47.8. The molecule has 2 atom stereocenters. The maximum Gasteiger partial charge on any atom is 0.294 e. The number of hydrogen-bond acceptors (Lipinski definition) is 4. The Kier molecular flexibility index (Phi) is 7.26. The maximum atomic E-state index is 13.8. The summed E-state index contributed by atoms with van der Waals surface area (Å²) in [6.45, 7) is 10.1. The van der Waals surface area contributed by atoms with E-state index in [1.165, 1.54) is 17.0 Å². The van der Waals surface area contributed by atoms with Crippen LogP contribution in [-0.2, 0) is 11.3 Å². The number of carbonyl (C=O) groups is 3. The summed E-state index contributed by atoms with van der Waals surface area (Å²) < 4.78 is 13.3. The number of fused-ring (bicyclic) bond motifs is 1. The molecule has 1 aliphatic rings. The minimum absolute atomic E-state index is 0.0388. The van der Waals surface area contributed by atoms with Crippen molar-refractivity contribution in [3.63, 3.8) is 0 Å². The van der Waals surface area contributed by atoms with Gasteiger partial charge in [0.25, 0.3) is 11.8 Å². The summed E-state index contributed by atoms with van der Waals surface area (Å²) in [6, 6.07) is 11.6. The first-order valence-electron chi connectivity index (χ1n) is 12.3. The third kappa shape index (κ3) is 4.91. The van der Waals surface area contributed by atoms with Gasteiger partial charge in [0.1, 0.15) is 5.82 Å². The van der Waals surface area contributed by atoms with E-state index in [0.29, 0.717) is 37.1 Å². The van der Waals surface area contributed by atoms with Crippen molar-refractivity contribution in [2.45, 2.75) is 46.3 Å². The molecule has 1 aliphatic heterocycles. The van der Waals surface area contributed by atoms with Crippen molar-refractivity contribution < 1.29 is 18.8 Å². The van der Waals surface area contributed by atoms with E-state index in [2.05, 4.69) is 16.8 Å². The van der Waals surface area contributed by atoms with Crippen LogP contribution in [0.2, 0.25) is 0 Å². The normalized spacial score (nSPS) is 18.4. The molecule has 36 heavy (non-hydrogen) atoms. The number of ketones is 1. The van der Waals surface area contributed by atoms with Gasteiger partial charge in [-0.15, -0.1) is 0 Å². The highest BCUT2D eigenvalue weighted by atomic mass is 19.1. The Morgan fingerprint density at radius 3 is 2.42 bits per heavy atom. The summed E-state index contributed by atoms with van der Waals surface area (Å²) in [5, 5.41) is 0.642. The summed E-state index contributed by atoms with van der Waals surface area (Å²) in [5.41, 5.74) is 3.31. The quantitative estimate of drug-likeness (QED) is 0.417. The monoisotopic (exact) mass is 492 g/mol. The second-order valence-corrected chi connectivity index (χ2v) is 9.75. The molecule has 8 heteroatoms. The number of carbonyl (C=O) groups excluding carboxylic acids is 3. The minimum atomic E-state index is -0.588. The number of hydrogen-bond donors (Lipinski definition) is 1. The average Bonchev–Trinajstić information content (AvgIpc) is 3.20. The highest BCUT2D eigenvalue weighted by Crippen LogP contribution is 2.28. The van der Waals surface area contributed by atoms with Crippen LogP contribution >= 0.6 is 0 Å². The summed E-state index contributed by atoms with van der Waals surface area (Å²) in [6.07, 6.45) is 0. The van der Waals surface area contributed by atoms with Crippen molar-refractivity contribution in [1.82, 2.24) is 19.7 Å². The molecule has 2 unspecified atom stereocenters. The van der Waals surface area contributed by atoms with Gasteiger partial charge in [0.2, 0.25) is 5.78 Å². The number of benzene rings is 2. The van der Waals surface area contributed by atoms with Gasteiger partial charge in [-0.3, -0.25) is 19.3 Å². The largest absolute Gasteiger partial charge is 0.358 e. The predicted octanol–water partition coefficient (Wildman–Crippen LogP) is 4.01. The van der Waals surface area contributed by atoms with Crippen LogP contribution in [0.4, 0.5) is 4.39 Å². The molecule has 1 fully saturated rings. The molecule has 0 radical (unpaired) electrons. The Labute approximate surface area is 210 Å². The van der Waals surface area contributed by atoms with Gasteiger partial charge in [-0.05, 0) is 63.6 Å². The molecule has 1 N–H and O–H groups in total. The number of H-pyrrole nitrogens is 1. The number of piperazine rings is 1. The third-order valence-corrected chi connectivity index (χ3v) is 7.15. The number of halogens is 1. The summed E-state index contributed by atoms with van der Waals surface area (Å²) >= 11 is 0. The van der Waals surface area contributed by atoms with Crippen LogP contribution in [0.1, 0.15) is 52.7 Å². The zero-order valence-corrected chi connectivity index (χ0v) is 21.5. The van der Waals surface area contributed by atoms with Gasteiger partial charge in [-0.2, -0.15) is 0 Å². The van der Waals surface area contributed by atoms with Gasteiger partial charge in [0.05, 0.1) is 5.56 Å². The van der Waals surface area contributed by atoms with Gasteiger partial charge in [-0.1, -0.05) is 12.1 Å². The number of likely N-dealkylation sites (N-methyl/N-ethyl adjacent to an activating group) is 1. The van der Waals surface area contributed by atoms with Crippen molar-refractivity contribution in [3.8, 4) is 0 Å². The van der Waals surface area contributed by atoms with E-state index in [1.807, 2.05) is 25.7 Å². The highest BCUT2D eigenvalue weighted by molar-refractivity contribution is 6.43. The smallest absolute Gasteiger partial charge is 0.294 e. The molecule has 0 spiro atoms. The van der Waals surface area contributed by atoms with E-state index in [1.54, 1.807) is 37.4 Å². The van der Waals surface area contributed by atoms with Crippen LogP contribution in [0.15, 0.2) is 42.5 Å². The SMILES string of the molecule is CCN(C)C(=O)C(=O)c1ccc2[nH]c(C)c(C(=O)N3CC(C)N(Cc4ccc(F)cc4)CC3C)c2c1. The zero-order chi connectivity index (χ0) is 26.1. The molecule has 1 saturated heterocycles. The number of nitrogens with one attached hydrogen (secondary N) is 1. The molecule has 3 aromatic rings. The second kappa shape index (κ2) is 10.2. The molecule has 1 aromatic heterocycles. The molecule has 2 aromatic carbocycles. The van der Waals surface area contributed by atoms with Crippen molar-refractivity contribution in [1.29, 1.82) is 0 Å². The predicted molar refractivity (Wildman–Crippen MR) is 137 cm³/mol. The Morgan fingerprint density at radius 1 is 1.06 bits per heavy atom. The zero-order valence-electron chi connectivity index (χ0n) is 21.5. The van der Waals surface area contributed by atoms with Crippen LogP contribution in [-0.4, -0.2) is 76.0 Å². The summed E-state index contributed by atoms with van der Waals surface area (Å²) in [5.74, 6) is -1.51. The fraction of sp³-hybridized carbons (Fsp3) is 0.393. The van der Waals surface area contributed by atoms with E-state index in [-0.39, 0.29) is 29.4 Å². The van der Waals surface area contributed by atoms with Gasteiger partial charge < -0.3 is 14.8 Å². The first kappa shape index (κ1) is 25.6. The number of Topliss-reactive ketones (excluding diaryl/α,β-unsaturated/α-hetero) is 1.